The zero-order chi connectivity index (χ0) is 7.84. The first kappa shape index (κ1) is 6.84. The van der Waals surface area contributed by atoms with E-state index in [0.29, 0.717) is 5.82 Å². The van der Waals surface area contributed by atoms with E-state index in [1.807, 2.05) is 0 Å². The molecule has 0 saturated heterocycles. The minimum absolute atomic E-state index is 0.522. The Labute approximate surface area is 76.3 Å². The van der Waals surface area contributed by atoms with Crippen LogP contribution in [0.1, 0.15) is 0 Å². The van der Waals surface area contributed by atoms with Gasteiger partial charge in [0.1, 0.15) is 5.82 Å². The van der Waals surface area contributed by atoms with Gasteiger partial charge in [0.15, 0.2) is 0 Å². The van der Waals surface area contributed by atoms with Crippen molar-refractivity contribution in [2.45, 2.75) is 0 Å². The summed E-state index contributed by atoms with van der Waals surface area (Å²) in [6.07, 6.45) is 3.40. The molecule has 0 atom stereocenters. The number of nitrogen functional groups attached to an aromatic ring is 1. The molecule has 0 aromatic carbocycles. The lowest BCUT2D eigenvalue weighted by Gasteiger charge is -1.94. The number of nitrogens with one attached hydrogen (secondary N) is 1. The third-order valence-electron chi connectivity index (χ3n) is 1.47. The summed E-state index contributed by atoms with van der Waals surface area (Å²) in [4.78, 5) is 3.99. The minimum Gasteiger partial charge on any atom is -0.383 e. The van der Waals surface area contributed by atoms with Gasteiger partial charge in [-0.2, -0.15) is 5.10 Å². The number of pyridine rings is 1. The van der Waals surface area contributed by atoms with E-state index in [1.54, 1.807) is 12.4 Å². The zero-order valence-electron chi connectivity index (χ0n) is 5.50. The van der Waals surface area contributed by atoms with Gasteiger partial charge in [0.2, 0.25) is 0 Å². The minimum atomic E-state index is 0.522. The molecular formula is C6H5IN4. The molecule has 0 aliphatic heterocycles. The maximum absolute atomic E-state index is 5.60. The summed E-state index contributed by atoms with van der Waals surface area (Å²) in [7, 11) is 0. The molecule has 0 amide bonds. The number of hydrogen-bond donors (Lipinski definition) is 2. The van der Waals surface area contributed by atoms with Crippen molar-refractivity contribution < 1.29 is 0 Å². The molecule has 56 valence electrons. The monoisotopic (exact) mass is 260 g/mol. The molecule has 4 nitrogen and oxygen atoms in total. The highest BCUT2D eigenvalue weighted by Crippen LogP contribution is 2.20. The molecule has 3 N–H and O–H groups in total. The molecule has 0 fully saturated rings. The molecule has 0 unspecified atom stereocenters. The van der Waals surface area contributed by atoms with Gasteiger partial charge in [-0.3, -0.25) is 5.10 Å². The van der Waals surface area contributed by atoms with Gasteiger partial charge in [0, 0.05) is 6.20 Å². The maximum atomic E-state index is 5.60. The Balaban J connectivity index is 2.96. The van der Waals surface area contributed by atoms with Crippen LogP contribution in [0.5, 0.6) is 0 Å². The Morgan fingerprint density at radius 3 is 3.00 bits per heavy atom. The van der Waals surface area contributed by atoms with E-state index in [4.69, 9.17) is 5.73 Å². The van der Waals surface area contributed by atoms with Crippen molar-refractivity contribution in [3.63, 3.8) is 0 Å². The van der Waals surface area contributed by atoms with Crippen LogP contribution in [0, 0.1) is 3.57 Å². The Morgan fingerprint density at radius 1 is 1.45 bits per heavy atom. The van der Waals surface area contributed by atoms with Gasteiger partial charge < -0.3 is 5.73 Å². The van der Waals surface area contributed by atoms with E-state index in [2.05, 4.69) is 37.8 Å². The maximum Gasteiger partial charge on any atom is 0.134 e. The van der Waals surface area contributed by atoms with Crippen LogP contribution >= 0.6 is 22.6 Å². The average molecular weight is 260 g/mol. The van der Waals surface area contributed by atoms with Crippen molar-refractivity contribution in [1.82, 2.24) is 15.2 Å². The number of rotatable bonds is 0. The number of anilines is 1. The second-order valence-electron chi connectivity index (χ2n) is 2.15. The van der Waals surface area contributed by atoms with Crippen molar-refractivity contribution in [2.24, 2.45) is 0 Å². The third kappa shape index (κ3) is 0.953. The van der Waals surface area contributed by atoms with Crippen LogP contribution in [0.3, 0.4) is 0 Å². The predicted octanol–water partition coefficient (Wildman–Crippen LogP) is 1.14. The fourth-order valence-corrected chi connectivity index (χ4v) is 1.47. The van der Waals surface area contributed by atoms with E-state index >= 15 is 0 Å². The lowest BCUT2D eigenvalue weighted by atomic mass is 10.3. The lowest BCUT2D eigenvalue weighted by Crippen LogP contribution is -1.90. The van der Waals surface area contributed by atoms with Gasteiger partial charge >= 0.3 is 0 Å². The number of hydrogen-bond acceptors (Lipinski definition) is 3. The summed E-state index contributed by atoms with van der Waals surface area (Å²) in [6.45, 7) is 0. The molecule has 2 aromatic rings. The van der Waals surface area contributed by atoms with Gasteiger partial charge in [0.05, 0.1) is 20.7 Å². The van der Waals surface area contributed by atoms with E-state index in [1.165, 1.54) is 0 Å². The number of nitrogens with zero attached hydrogens (tertiary/aromatic N) is 2. The van der Waals surface area contributed by atoms with Crippen LogP contribution in [0.4, 0.5) is 5.82 Å². The number of nitrogens with two attached hydrogens (primary N) is 1. The summed E-state index contributed by atoms with van der Waals surface area (Å²) in [6, 6.07) is 0. The molecule has 0 aliphatic rings. The predicted molar refractivity (Wildman–Crippen MR) is 51.0 cm³/mol. The standard InChI is InChI=1S/C6H5IN4/c7-4-2-9-6(8)3-1-10-11-5(3)4/h1-2H,(H2,8,9)(H,10,11). The first-order chi connectivity index (χ1) is 5.29. The van der Waals surface area contributed by atoms with Crippen molar-refractivity contribution in [3.8, 4) is 0 Å². The van der Waals surface area contributed by atoms with Crippen LogP contribution in [-0.2, 0) is 0 Å². The first-order valence-electron chi connectivity index (χ1n) is 3.02. The van der Waals surface area contributed by atoms with Gasteiger partial charge in [-0.05, 0) is 22.6 Å². The molecule has 2 rings (SSSR count). The molecule has 2 heterocycles. The first-order valence-corrected chi connectivity index (χ1v) is 4.10. The highest BCUT2D eigenvalue weighted by atomic mass is 127. The summed E-state index contributed by atoms with van der Waals surface area (Å²) < 4.78 is 1.03. The van der Waals surface area contributed by atoms with Crippen molar-refractivity contribution >= 4 is 39.3 Å². The van der Waals surface area contributed by atoms with Crippen LogP contribution in [0.15, 0.2) is 12.4 Å². The molecule has 0 radical (unpaired) electrons. The fourth-order valence-electron chi connectivity index (χ4n) is 0.923. The van der Waals surface area contributed by atoms with E-state index in [0.717, 1.165) is 14.5 Å². The zero-order valence-corrected chi connectivity index (χ0v) is 7.66. The molecule has 0 aliphatic carbocycles. The van der Waals surface area contributed by atoms with Crippen LogP contribution in [0.2, 0.25) is 0 Å². The molecular weight excluding hydrogens is 255 g/mol. The molecule has 2 aromatic heterocycles. The number of halogens is 1. The Bertz CT molecular complexity index is 358. The molecule has 0 spiro atoms. The summed E-state index contributed by atoms with van der Waals surface area (Å²) in [5.74, 6) is 0.522. The molecule has 11 heavy (non-hydrogen) atoms. The Hall–Kier alpha value is -0.850. The third-order valence-corrected chi connectivity index (χ3v) is 2.29. The Morgan fingerprint density at radius 2 is 2.27 bits per heavy atom. The van der Waals surface area contributed by atoms with Crippen LogP contribution in [0.25, 0.3) is 10.9 Å². The Kier molecular flexibility index (Phi) is 1.45. The highest BCUT2D eigenvalue weighted by molar-refractivity contribution is 14.1. The van der Waals surface area contributed by atoms with Crippen molar-refractivity contribution in [2.75, 3.05) is 5.73 Å². The largest absolute Gasteiger partial charge is 0.383 e. The molecule has 5 heteroatoms. The number of aromatic amines is 1. The van der Waals surface area contributed by atoms with Gasteiger partial charge in [-0.15, -0.1) is 0 Å². The van der Waals surface area contributed by atoms with Crippen LogP contribution in [-0.4, -0.2) is 15.2 Å². The second kappa shape index (κ2) is 2.33. The quantitative estimate of drug-likeness (QED) is 0.698. The smallest absolute Gasteiger partial charge is 0.134 e. The van der Waals surface area contributed by atoms with E-state index < -0.39 is 0 Å². The van der Waals surface area contributed by atoms with Crippen molar-refractivity contribution in [3.05, 3.63) is 16.0 Å². The number of aromatic nitrogens is 3. The lowest BCUT2D eigenvalue weighted by molar-refractivity contribution is 1.12. The topological polar surface area (TPSA) is 67.6 Å². The van der Waals surface area contributed by atoms with Crippen molar-refractivity contribution in [1.29, 1.82) is 0 Å². The number of fused-ring (bicyclic) bond motifs is 1. The summed E-state index contributed by atoms with van der Waals surface area (Å²) in [5, 5.41) is 7.61. The summed E-state index contributed by atoms with van der Waals surface area (Å²) >= 11 is 2.18. The fraction of sp³-hybridized carbons (Fsp3) is 0. The number of H-pyrrole nitrogens is 1. The average Bonchev–Trinajstić information content (AvgIpc) is 2.45. The van der Waals surface area contributed by atoms with Crippen LogP contribution < -0.4 is 5.73 Å². The van der Waals surface area contributed by atoms with E-state index in [-0.39, 0.29) is 0 Å². The highest BCUT2D eigenvalue weighted by Gasteiger charge is 2.03. The second-order valence-corrected chi connectivity index (χ2v) is 3.31. The SMILES string of the molecule is Nc1ncc(I)c2[nH]ncc12. The van der Waals surface area contributed by atoms with Gasteiger partial charge in [0.25, 0.3) is 0 Å². The van der Waals surface area contributed by atoms with Gasteiger partial charge in [-0.1, -0.05) is 0 Å². The molecule has 0 bridgehead atoms. The normalized spacial score (nSPS) is 10.6. The van der Waals surface area contributed by atoms with Gasteiger partial charge in [-0.25, -0.2) is 4.98 Å². The summed E-state index contributed by atoms with van der Waals surface area (Å²) in [5.41, 5.74) is 6.55. The molecule has 0 saturated carbocycles. The van der Waals surface area contributed by atoms with E-state index in [9.17, 15) is 0 Å².